The number of rotatable bonds is 4. The minimum Gasteiger partial charge on any atom is -0.404 e. The van der Waals surface area contributed by atoms with Gasteiger partial charge in [0.25, 0.3) is 0 Å². The van der Waals surface area contributed by atoms with E-state index in [2.05, 4.69) is 10.6 Å². The zero-order chi connectivity index (χ0) is 13.5. The molecule has 5 nitrogen and oxygen atoms in total. The zero-order valence-corrected chi connectivity index (χ0v) is 10.6. The predicted octanol–water partition coefficient (Wildman–Crippen LogP) is 2.06. The highest BCUT2D eigenvalue weighted by Crippen LogP contribution is 2.12. The van der Waals surface area contributed by atoms with E-state index in [4.69, 9.17) is 11.1 Å². The molecule has 0 aliphatic carbocycles. The Balaban J connectivity index is 2.74. The fraction of sp³-hybridized carbons (Fsp3) is 0.231. The lowest BCUT2D eigenvalue weighted by Gasteiger charge is -2.08. The van der Waals surface area contributed by atoms with Crippen LogP contribution in [0, 0.1) is 5.41 Å². The Morgan fingerprint density at radius 1 is 1.39 bits per heavy atom. The fourth-order valence-electron chi connectivity index (χ4n) is 1.37. The molecular formula is C13H18N4O. The SMILES string of the molecule is CCNC(=O)Nc1ccc(C(=N)/C(C)=C\N)cc1. The van der Waals surface area contributed by atoms with Gasteiger partial charge in [-0.15, -0.1) is 0 Å². The van der Waals surface area contributed by atoms with Crippen LogP contribution in [0.15, 0.2) is 36.0 Å². The van der Waals surface area contributed by atoms with E-state index in [1.165, 1.54) is 6.20 Å². The van der Waals surface area contributed by atoms with Crippen LogP contribution in [0.2, 0.25) is 0 Å². The Kier molecular flexibility index (Phi) is 4.92. The van der Waals surface area contributed by atoms with E-state index >= 15 is 0 Å². The second-order valence-corrected chi connectivity index (χ2v) is 3.79. The molecule has 5 N–H and O–H groups in total. The Labute approximate surface area is 107 Å². The molecule has 0 bridgehead atoms. The summed E-state index contributed by atoms with van der Waals surface area (Å²) in [6.45, 7) is 4.21. The van der Waals surface area contributed by atoms with Gasteiger partial charge in [-0.1, -0.05) is 12.1 Å². The maximum atomic E-state index is 11.3. The van der Waals surface area contributed by atoms with Gasteiger partial charge in [-0.2, -0.15) is 0 Å². The van der Waals surface area contributed by atoms with E-state index in [1.54, 1.807) is 31.2 Å². The van der Waals surface area contributed by atoms with Gasteiger partial charge >= 0.3 is 6.03 Å². The topological polar surface area (TPSA) is 91.0 Å². The van der Waals surface area contributed by atoms with Gasteiger partial charge in [0.05, 0.1) is 5.71 Å². The normalized spacial score (nSPS) is 10.9. The standard InChI is InChI=1S/C13H18N4O/c1-3-16-13(18)17-11-6-4-10(5-7-11)12(15)9(2)8-14/h4-8,15H,3,14H2,1-2H3,(H2,16,17,18)/b9-8-,15-12?. The van der Waals surface area contributed by atoms with Crippen LogP contribution in [0.5, 0.6) is 0 Å². The summed E-state index contributed by atoms with van der Waals surface area (Å²) in [6, 6.07) is 6.82. The molecule has 5 heteroatoms. The number of carbonyl (C=O) groups excluding carboxylic acids is 1. The molecule has 0 heterocycles. The minimum absolute atomic E-state index is 0.238. The minimum atomic E-state index is -0.238. The molecule has 0 spiro atoms. The Hall–Kier alpha value is -2.30. The highest BCUT2D eigenvalue weighted by Gasteiger charge is 2.04. The smallest absolute Gasteiger partial charge is 0.319 e. The first-order valence-corrected chi connectivity index (χ1v) is 5.71. The lowest BCUT2D eigenvalue weighted by molar-refractivity contribution is 0.252. The van der Waals surface area contributed by atoms with Crippen molar-refractivity contribution < 1.29 is 4.79 Å². The molecule has 18 heavy (non-hydrogen) atoms. The first kappa shape index (κ1) is 13.8. The summed E-state index contributed by atoms with van der Waals surface area (Å²) < 4.78 is 0. The van der Waals surface area contributed by atoms with Gasteiger partial charge in [-0.05, 0) is 43.3 Å². The molecule has 0 saturated carbocycles. The highest BCUT2D eigenvalue weighted by molar-refractivity contribution is 6.10. The Morgan fingerprint density at radius 2 is 2.00 bits per heavy atom. The monoisotopic (exact) mass is 246 g/mol. The van der Waals surface area contributed by atoms with Gasteiger partial charge in [0.15, 0.2) is 0 Å². The van der Waals surface area contributed by atoms with Crippen molar-refractivity contribution in [2.24, 2.45) is 5.73 Å². The van der Waals surface area contributed by atoms with Gasteiger partial charge < -0.3 is 16.4 Å². The van der Waals surface area contributed by atoms with Gasteiger partial charge in [-0.25, -0.2) is 4.79 Å². The molecule has 96 valence electrons. The van der Waals surface area contributed by atoms with Crippen LogP contribution in [0.4, 0.5) is 10.5 Å². The Bertz CT molecular complexity index is 462. The van der Waals surface area contributed by atoms with E-state index in [9.17, 15) is 4.79 Å². The predicted molar refractivity (Wildman–Crippen MR) is 73.9 cm³/mol. The van der Waals surface area contributed by atoms with Gasteiger partial charge in [-0.3, -0.25) is 5.41 Å². The quantitative estimate of drug-likeness (QED) is 0.612. The molecule has 0 unspecified atom stereocenters. The molecule has 1 aromatic carbocycles. The van der Waals surface area contributed by atoms with Crippen molar-refractivity contribution in [1.29, 1.82) is 5.41 Å². The number of hydrogen-bond acceptors (Lipinski definition) is 3. The zero-order valence-electron chi connectivity index (χ0n) is 10.6. The molecule has 2 amide bonds. The first-order chi connectivity index (χ1) is 8.58. The summed E-state index contributed by atoms with van der Waals surface area (Å²) in [5.74, 6) is 0. The number of nitrogens with one attached hydrogen (secondary N) is 3. The molecular weight excluding hydrogens is 228 g/mol. The van der Waals surface area contributed by atoms with Crippen molar-refractivity contribution in [3.05, 3.63) is 41.6 Å². The van der Waals surface area contributed by atoms with Crippen LogP contribution in [0.3, 0.4) is 0 Å². The van der Waals surface area contributed by atoms with E-state index in [0.717, 1.165) is 5.56 Å². The number of carbonyl (C=O) groups is 1. The largest absolute Gasteiger partial charge is 0.404 e. The molecule has 0 fully saturated rings. The van der Waals surface area contributed by atoms with Crippen LogP contribution in [-0.4, -0.2) is 18.3 Å². The number of nitrogens with two attached hydrogens (primary N) is 1. The van der Waals surface area contributed by atoms with Crippen LogP contribution in [0.1, 0.15) is 19.4 Å². The van der Waals surface area contributed by atoms with E-state index in [-0.39, 0.29) is 6.03 Å². The van der Waals surface area contributed by atoms with Crippen LogP contribution in [-0.2, 0) is 0 Å². The first-order valence-electron chi connectivity index (χ1n) is 5.71. The van der Waals surface area contributed by atoms with Gasteiger partial charge in [0.1, 0.15) is 0 Å². The number of anilines is 1. The Morgan fingerprint density at radius 3 is 2.50 bits per heavy atom. The molecule has 1 aromatic rings. The highest BCUT2D eigenvalue weighted by atomic mass is 16.2. The molecule has 0 aliphatic heterocycles. The van der Waals surface area contributed by atoms with Crippen molar-refractivity contribution in [3.8, 4) is 0 Å². The van der Waals surface area contributed by atoms with Crippen LogP contribution >= 0.6 is 0 Å². The van der Waals surface area contributed by atoms with E-state index in [1.807, 2.05) is 6.92 Å². The summed E-state index contributed by atoms with van der Waals surface area (Å²) in [5, 5.41) is 13.2. The fourth-order valence-corrected chi connectivity index (χ4v) is 1.37. The molecule has 1 rings (SSSR count). The summed E-state index contributed by atoms with van der Waals surface area (Å²) >= 11 is 0. The van der Waals surface area contributed by atoms with E-state index in [0.29, 0.717) is 23.5 Å². The van der Waals surface area contributed by atoms with Crippen molar-refractivity contribution >= 4 is 17.4 Å². The summed E-state index contributed by atoms with van der Waals surface area (Å²) in [4.78, 5) is 11.3. The summed E-state index contributed by atoms with van der Waals surface area (Å²) in [7, 11) is 0. The van der Waals surface area contributed by atoms with Crippen LogP contribution in [0.25, 0.3) is 0 Å². The maximum absolute atomic E-state index is 11.3. The molecule has 0 aliphatic rings. The van der Waals surface area contributed by atoms with Crippen molar-refractivity contribution in [1.82, 2.24) is 5.32 Å². The molecule has 0 aromatic heterocycles. The van der Waals surface area contributed by atoms with Crippen LogP contribution < -0.4 is 16.4 Å². The van der Waals surface area contributed by atoms with Crippen molar-refractivity contribution in [2.75, 3.05) is 11.9 Å². The number of allylic oxidation sites excluding steroid dienone is 1. The average Bonchev–Trinajstić information content (AvgIpc) is 2.38. The summed E-state index contributed by atoms with van der Waals surface area (Å²) in [5.41, 5.74) is 7.90. The summed E-state index contributed by atoms with van der Waals surface area (Å²) in [6.07, 6.45) is 1.41. The third-order valence-corrected chi connectivity index (χ3v) is 2.41. The third kappa shape index (κ3) is 3.62. The number of benzene rings is 1. The lowest BCUT2D eigenvalue weighted by atomic mass is 10.0. The van der Waals surface area contributed by atoms with Crippen molar-refractivity contribution in [2.45, 2.75) is 13.8 Å². The van der Waals surface area contributed by atoms with Gasteiger partial charge in [0, 0.05) is 12.2 Å². The molecule has 0 atom stereocenters. The van der Waals surface area contributed by atoms with Gasteiger partial charge in [0.2, 0.25) is 0 Å². The lowest BCUT2D eigenvalue weighted by Crippen LogP contribution is -2.28. The third-order valence-electron chi connectivity index (χ3n) is 2.41. The second-order valence-electron chi connectivity index (χ2n) is 3.79. The number of urea groups is 1. The number of amides is 2. The number of hydrogen-bond donors (Lipinski definition) is 4. The average molecular weight is 246 g/mol. The molecule has 0 saturated heterocycles. The van der Waals surface area contributed by atoms with E-state index < -0.39 is 0 Å². The molecule has 0 radical (unpaired) electrons. The maximum Gasteiger partial charge on any atom is 0.319 e. The second kappa shape index (κ2) is 6.44. The van der Waals surface area contributed by atoms with Crippen molar-refractivity contribution in [3.63, 3.8) is 0 Å².